The number of amides is 2. The molecule has 1 aliphatic heterocycles. The number of nitrogens with two attached hydrogens (primary N) is 2. The molecule has 0 bridgehead atoms. The maximum Gasteiger partial charge on any atom is 0.259 e. The number of allylic oxidation sites excluding steroid dienone is 1. The van der Waals surface area contributed by atoms with Crippen LogP contribution in [-0.4, -0.2) is 49.6 Å². The van der Waals surface area contributed by atoms with E-state index in [2.05, 4.69) is 9.97 Å². The number of aromatic nitrogens is 4. The van der Waals surface area contributed by atoms with Crippen LogP contribution in [0, 0.1) is 17.6 Å². The summed E-state index contributed by atoms with van der Waals surface area (Å²) in [5.74, 6) is -1.84. The Morgan fingerprint density at radius 1 is 1.05 bits per heavy atom. The molecule has 4 aromatic rings. The van der Waals surface area contributed by atoms with Gasteiger partial charge in [0.2, 0.25) is 0 Å². The zero-order valence-electron chi connectivity index (χ0n) is 22.0. The lowest BCUT2D eigenvalue weighted by Crippen LogP contribution is -2.43. The molecule has 2 fully saturated rings. The van der Waals surface area contributed by atoms with Crippen molar-refractivity contribution < 1.29 is 23.1 Å². The summed E-state index contributed by atoms with van der Waals surface area (Å²) in [6.45, 7) is 0.821. The van der Waals surface area contributed by atoms with E-state index >= 15 is 0 Å². The standard InChI is InChI=1S/C29H27F2N7O3/c30-18-7-10-22(31)23(13-18)41-20-8-5-17(6-9-20)25-24-26(32)34-15-35-28(24)38(36-25)19-2-1-11-37(14-19)29(40)21(27(33)39)12-16-3-4-16/h5-10,12-13,15-16,19H,1-4,11,14H2,(H2,33,39)(H2,32,34,35)/b21-12+/t19-/m0/s1. The van der Waals surface area contributed by atoms with Crippen molar-refractivity contribution >= 4 is 28.7 Å². The number of fused-ring (bicyclic) bond motifs is 1. The molecular formula is C29H27F2N7O3. The highest BCUT2D eigenvalue weighted by molar-refractivity contribution is 6.17. The molecular weight excluding hydrogens is 532 g/mol. The monoisotopic (exact) mass is 559 g/mol. The molecule has 1 saturated carbocycles. The summed E-state index contributed by atoms with van der Waals surface area (Å²) in [7, 11) is 0. The van der Waals surface area contributed by atoms with Gasteiger partial charge in [0.15, 0.2) is 17.2 Å². The minimum Gasteiger partial charge on any atom is -0.454 e. The van der Waals surface area contributed by atoms with Gasteiger partial charge in [-0.2, -0.15) is 5.10 Å². The molecule has 1 aliphatic carbocycles. The van der Waals surface area contributed by atoms with E-state index in [1.165, 1.54) is 6.33 Å². The minimum atomic E-state index is -0.719. The van der Waals surface area contributed by atoms with Crippen molar-refractivity contribution in [3.05, 3.63) is 72.1 Å². The van der Waals surface area contributed by atoms with Gasteiger partial charge in [-0.25, -0.2) is 23.4 Å². The summed E-state index contributed by atoms with van der Waals surface area (Å²) < 4.78 is 34.9. The van der Waals surface area contributed by atoms with Crippen LogP contribution in [0.15, 0.2) is 60.4 Å². The first kappa shape index (κ1) is 26.4. The first-order valence-corrected chi connectivity index (χ1v) is 13.3. The first-order chi connectivity index (χ1) is 19.8. The Hall–Kier alpha value is -4.87. The average molecular weight is 560 g/mol. The molecule has 1 saturated heterocycles. The molecule has 6 rings (SSSR count). The maximum absolute atomic E-state index is 14.0. The van der Waals surface area contributed by atoms with Crippen LogP contribution in [0.4, 0.5) is 14.6 Å². The van der Waals surface area contributed by atoms with Gasteiger partial charge in [0, 0.05) is 24.7 Å². The number of primary amides is 1. The van der Waals surface area contributed by atoms with Crippen LogP contribution in [0.5, 0.6) is 11.5 Å². The number of piperidine rings is 1. The average Bonchev–Trinajstić information content (AvgIpc) is 3.71. The fourth-order valence-corrected chi connectivity index (χ4v) is 5.08. The second kappa shape index (κ2) is 10.6. The Kier molecular flexibility index (Phi) is 6.82. The second-order valence-corrected chi connectivity index (χ2v) is 10.3. The molecule has 10 nitrogen and oxygen atoms in total. The van der Waals surface area contributed by atoms with E-state index < -0.39 is 17.5 Å². The van der Waals surface area contributed by atoms with Gasteiger partial charge in [-0.05, 0) is 68.0 Å². The lowest BCUT2D eigenvalue weighted by atomic mass is 10.0. The number of likely N-dealkylation sites (tertiary alicyclic amines) is 1. The third-order valence-corrected chi connectivity index (χ3v) is 7.32. The second-order valence-electron chi connectivity index (χ2n) is 10.3. The molecule has 0 radical (unpaired) electrons. The highest BCUT2D eigenvalue weighted by atomic mass is 19.1. The highest BCUT2D eigenvalue weighted by Gasteiger charge is 2.32. The van der Waals surface area contributed by atoms with Gasteiger partial charge in [0.05, 0.1) is 11.4 Å². The Labute approximate surface area is 233 Å². The summed E-state index contributed by atoms with van der Waals surface area (Å²) in [6.07, 6.45) is 6.38. The molecule has 2 aliphatic rings. The van der Waals surface area contributed by atoms with Crippen LogP contribution in [-0.2, 0) is 9.59 Å². The number of hydrogen-bond acceptors (Lipinski definition) is 7. The van der Waals surface area contributed by atoms with E-state index in [4.69, 9.17) is 21.3 Å². The number of hydrogen-bond donors (Lipinski definition) is 2. The Morgan fingerprint density at radius 3 is 2.56 bits per heavy atom. The summed E-state index contributed by atoms with van der Waals surface area (Å²) in [5, 5.41) is 5.40. The van der Waals surface area contributed by atoms with Crippen molar-refractivity contribution in [2.45, 2.75) is 31.7 Å². The molecule has 0 unspecified atom stereocenters. The lowest BCUT2D eigenvalue weighted by molar-refractivity contribution is -0.131. The van der Waals surface area contributed by atoms with Crippen LogP contribution in [0.2, 0.25) is 0 Å². The lowest BCUT2D eigenvalue weighted by Gasteiger charge is -2.33. The van der Waals surface area contributed by atoms with Gasteiger partial charge >= 0.3 is 0 Å². The van der Waals surface area contributed by atoms with Crippen molar-refractivity contribution in [3.8, 4) is 22.8 Å². The number of anilines is 1. The van der Waals surface area contributed by atoms with Gasteiger partial charge in [-0.15, -0.1) is 0 Å². The van der Waals surface area contributed by atoms with Gasteiger partial charge in [-0.3, -0.25) is 9.59 Å². The van der Waals surface area contributed by atoms with Gasteiger partial charge in [0.1, 0.15) is 35.0 Å². The van der Waals surface area contributed by atoms with Gasteiger partial charge < -0.3 is 21.1 Å². The number of carbonyl (C=O) groups excluding carboxylic acids is 2. The number of rotatable bonds is 7. The molecule has 3 heterocycles. The normalized spacial score (nSPS) is 17.6. The van der Waals surface area contributed by atoms with Crippen molar-refractivity contribution in [1.29, 1.82) is 0 Å². The van der Waals surface area contributed by atoms with Crippen LogP contribution in [0.1, 0.15) is 31.7 Å². The Bertz CT molecular complexity index is 1680. The predicted molar refractivity (Wildman–Crippen MR) is 146 cm³/mol. The summed E-state index contributed by atoms with van der Waals surface area (Å²) in [4.78, 5) is 35.5. The largest absolute Gasteiger partial charge is 0.454 e. The maximum atomic E-state index is 14.0. The fraction of sp³-hybridized carbons (Fsp3) is 0.276. The third kappa shape index (κ3) is 5.32. The molecule has 1 atom stereocenters. The predicted octanol–water partition coefficient (Wildman–Crippen LogP) is 4.13. The first-order valence-electron chi connectivity index (χ1n) is 13.3. The van der Waals surface area contributed by atoms with E-state index in [9.17, 15) is 18.4 Å². The fourth-order valence-electron chi connectivity index (χ4n) is 5.08. The zero-order valence-corrected chi connectivity index (χ0v) is 22.0. The smallest absolute Gasteiger partial charge is 0.259 e. The van der Waals surface area contributed by atoms with Crippen molar-refractivity contribution in [2.75, 3.05) is 18.8 Å². The molecule has 0 spiro atoms. The summed E-state index contributed by atoms with van der Waals surface area (Å²) >= 11 is 0. The quantitative estimate of drug-likeness (QED) is 0.197. The van der Waals surface area contributed by atoms with Crippen molar-refractivity contribution in [3.63, 3.8) is 0 Å². The van der Waals surface area contributed by atoms with E-state index in [-0.39, 0.29) is 35.0 Å². The Morgan fingerprint density at radius 2 is 1.83 bits per heavy atom. The Balaban J connectivity index is 1.30. The third-order valence-electron chi connectivity index (χ3n) is 7.32. The SMILES string of the molecule is NC(=O)/C(=C\C1CC1)C(=O)N1CCC[C@H](n2nc(-c3ccc(Oc4cc(F)ccc4F)cc3)c3c(N)ncnc32)C1. The molecule has 2 amide bonds. The number of ether oxygens (including phenoxy) is 1. The van der Waals surface area contributed by atoms with Crippen LogP contribution in [0.3, 0.4) is 0 Å². The van der Waals surface area contributed by atoms with E-state index in [1.54, 1.807) is 39.9 Å². The molecule has 2 aromatic heterocycles. The van der Waals surface area contributed by atoms with Crippen molar-refractivity contribution in [2.24, 2.45) is 11.7 Å². The molecule has 2 aromatic carbocycles. The van der Waals surface area contributed by atoms with E-state index in [0.717, 1.165) is 37.5 Å². The number of benzene rings is 2. The molecule has 41 heavy (non-hydrogen) atoms. The summed E-state index contributed by atoms with van der Waals surface area (Å²) in [5.41, 5.74) is 13.6. The number of nitrogen functional groups attached to an aromatic ring is 1. The molecule has 12 heteroatoms. The van der Waals surface area contributed by atoms with Crippen LogP contribution in [0.25, 0.3) is 22.3 Å². The highest BCUT2D eigenvalue weighted by Crippen LogP contribution is 2.36. The molecule has 210 valence electrons. The zero-order chi connectivity index (χ0) is 28.7. The number of halogens is 2. The van der Waals surface area contributed by atoms with Gasteiger partial charge in [0.25, 0.3) is 11.8 Å². The number of carbonyl (C=O) groups is 2. The number of nitrogens with zero attached hydrogens (tertiary/aromatic N) is 5. The van der Waals surface area contributed by atoms with E-state index in [0.29, 0.717) is 47.6 Å². The topological polar surface area (TPSA) is 142 Å². The molecule has 4 N–H and O–H groups in total. The summed E-state index contributed by atoms with van der Waals surface area (Å²) in [6, 6.07) is 9.44. The van der Waals surface area contributed by atoms with E-state index in [1.807, 2.05) is 0 Å². The van der Waals surface area contributed by atoms with Crippen molar-refractivity contribution in [1.82, 2.24) is 24.6 Å². The van der Waals surface area contributed by atoms with Crippen LogP contribution >= 0.6 is 0 Å². The van der Waals surface area contributed by atoms with Gasteiger partial charge in [-0.1, -0.05) is 6.08 Å². The van der Waals surface area contributed by atoms with Crippen LogP contribution < -0.4 is 16.2 Å². The minimum absolute atomic E-state index is 0.0335.